The number of ether oxygens (including phenoxy) is 1. The molecular weight excluding hydrogens is 284 g/mol. The Hall–Kier alpha value is -0.743. The van der Waals surface area contributed by atoms with Gasteiger partial charge in [0.05, 0.1) is 12.9 Å². The molecule has 0 spiro atoms. The van der Waals surface area contributed by atoms with Crippen molar-refractivity contribution in [2.24, 2.45) is 0 Å². The SMILES string of the molecule is CC(CC(=O)OC1=CC=CCC1=S)[Si](C)(C)C(C)(C)C. The third kappa shape index (κ3) is 4.12. The van der Waals surface area contributed by atoms with Crippen molar-refractivity contribution in [1.29, 1.82) is 0 Å². The number of hydrogen-bond donors (Lipinski definition) is 0. The van der Waals surface area contributed by atoms with E-state index in [0.717, 1.165) is 0 Å². The van der Waals surface area contributed by atoms with Crippen LogP contribution >= 0.6 is 12.2 Å². The fourth-order valence-electron chi connectivity index (χ4n) is 2.02. The molecule has 0 saturated carbocycles. The second-order valence-electron chi connectivity index (χ2n) is 7.14. The summed E-state index contributed by atoms with van der Waals surface area (Å²) in [5.41, 5.74) is 0.378. The Morgan fingerprint density at radius 1 is 1.45 bits per heavy atom. The molecule has 0 bridgehead atoms. The molecule has 0 aromatic heterocycles. The van der Waals surface area contributed by atoms with Crippen LogP contribution in [0.4, 0.5) is 0 Å². The Balaban J connectivity index is 2.65. The first-order valence-corrected chi connectivity index (χ1v) is 10.6. The molecule has 1 rings (SSSR count). The van der Waals surface area contributed by atoms with Crippen molar-refractivity contribution in [3.05, 3.63) is 24.0 Å². The molecule has 112 valence electrons. The Kier molecular flexibility index (Phi) is 5.50. The fraction of sp³-hybridized carbons (Fsp3) is 0.625. The number of thiocarbonyl (C=S) groups is 1. The number of carbonyl (C=O) groups excluding carboxylic acids is 1. The second-order valence-corrected chi connectivity index (χ2v) is 13.6. The van der Waals surface area contributed by atoms with Gasteiger partial charge in [-0.15, -0.1) is 0 Å². The third-order valence-corrected chi connectivity index (χ3v) is 11.7. The fourth-order valence-corrected chi connectivity index (χ4v) is 4.38. The van der Waals surface area contributed by atoms with Gasteiger partial charge in [0.1, 0.15) is 5.76 Å². The molecular formula is C16H26O2SSi. The van der Waals surface area contributed by atoms with Crippen molar-refractivity contribution in [3.63, 3.8) is 0 Å². The van der Waals surface area contributed by atoms with Crippen molar-refractivity contribution in [2.75, 3.05) is 0 Å². The lowest BCUT2D eigenvalue weighted by Crippen LogP contribution is -2.42. The molecule has 4 heteroatoms. The quantitative estimate of drug-likeness (QED) is 0.414. The standard InChI is InChI=1S/C16H26O2SSi/c1-12(20(5,6)16(2,3)4)11-15(17)18-13-9-7-8-10-14(13)19/h7-9,12H,10-11H2,1-6H3. The first-order chi connectivity index (χ1) is 9.05. The van der Waals surface area contributed by atoms with E-state index in [1.54, 1.807) is 6.08 Å². The Labute approximate surface area is 129 Å². The summed E-state index contributed by atoms with van der Waals surface area (Å²) in [6.45, 7) is 13.7. The average Bonchev–Trinajstić information content (AvgIpc) is 2.30. The highest BCUT2D eigenvalue weighted by Crippen LogP contribution is 2.44. The molecule has 20 heavy (non-hydrogen) atoms. The first kappa shape index (κ1) is 17.3. The lowest BCUT2D eigenvalue weighted by molar-refractivity contribution is -0.138. The highest BCUT2D eigenvalue weighted by atomic mass is 32.1. The van der Waals surface area contributed by atoms with Crippen LogP contribution in [0, 0.1) is 0 Å². The van der Waals surface area contributed by atoms with Crippen molar-refractivity contribution in [2.45, 2.75) is 64.2 Å². The zero-order valence-corrected chi connectivity index (χ0v) is 15.3. The van der Waals surface area contributed by atoms with Gasteiger partial charge >= 0.3 is 5.97 Å². The number of carbonyl (C=O) groups is 1. The van der Waals surface area contributed by atoms with E-state index in [1.807, 2.05) is 12.2 Å². The maximum Gasteiger partial charge on any atom is 0.311 e. The molecule has 0 fully saturated rings. The lowest BCUT2D eigenvalue weighted by Gasteiger charge is -2.41. The molecule has 0 N–H and O–H groups in total. The van der Waals surface area contributed by atoms with E-state index in [2.05, 4.69) is 40.8 Å². The van der Waals surface area contributed by atoms with Gasteiger partial charge in [-0.25, -0.2) is 0 Å². The zero-order chi connectivity index (χ0) is 15.6. The third-order valence-electron chi connectivity index (χ3n) is 4.82. The van der Waals surface area contributed by atoms with E-state index < -0.39 is 8.07 Å². The van der Waals surface area contributed by atoms with E-state index in [1.165, 1.54) is 0 Å². The van der Waals surface area contributed by atoms with Crippen molar-refractivity contribution in [3.8, 4) is 0 Å². The minimum absolute atomic E-state index is 0.161. The van der Waals surface area contributed by atoms with Gasteiger partial charge < -0.3 is 4.74 Å². The van der Waals surface area contributed by atoms with E-state index in [4.69, 9.17) is 17.0 Å². The van der Waals surface area contributed by atoms with Crippen LogP contribution in [0.1, 0.15) is 40.5 Å². The van der Waals surface area contributed by atoms with Gasteiger partial charge in [-0.2, -0.15) is 0 Å². The highest BCUT2D eigenvalue weighted by molar-refractivity contribution is 7.80. The van der Waals surface area contributed by atoms with Gasteiger partial charge in [-0.3, -0.25) is 4.79 Å². The minimum Gasteiger partial charge on any atom is -0.425 e. The van der Waals surface area contributed by atoms with Crippen LogP contribution in [-0.2, 0) is 9.53 Å². The van der Waals surface area contributed by atoms with Gasteiger partial charge in [-0.05, 0) is 16.7 Å². The van der Waals surface area contributed by atoms with E-state index >= 15 is 0 Å². The van der Waals surface area contributed by atoms with Crippen LogP contribution in [0.5, 0.6) is 0 Å². The molecule has 0 aliphatic heterocycles. The van der Waals surface area contributed by atoms with Crippen LogP contribution in [0.2, 0.25) is 23.7 Å². The van der Waals surface area contributed by atoms with E-state index in [-0.39, 0.29) is 11.0 Å². The van der Waals surface area contributed by atoms with Crippen molar-refractivity contribution >= 4 is 31.1 Å². The van der Waals surface area contributed by atoms with Gasteiger partial charge in [-0.1, -0.05) is 65.2 Å². The van der Waals surface area contributed by atoms with Crippen LogP contribution in [0.25, 0.3) is 0 Å². The molecule has 1 unspecified atom stereocenters. The zero-order valence-electron chi connectivity index (χ0n) is 13.4. The molecule has 0 saturated heterocycles. The topological polar surface area (TPSA) is 26.3 Å². The summed E-state index contributed by atoms with van der Waals surface area (Å²) in [6, 6.07) is 0. The first-order valence-electron chi connectivity index (χ1n) is 7.16. The molecule has 1 aliphatic rings. The molecule has 0 radical (unpaired) electrons. The minimum atomic E-state index is -1.52. The Morgan fingerprint density at radius 3 is 2.55 bits per heavy atom. The monoisotopic (exact) mass is 310 g/mol. The van der Waals surface area contributed by atoms with E-state index in [0.29, 0.717) is 29.0 Å². The molecule has 0 heterocycles. The smallest absolute Gasteiger partial charge is 0.311 e. The number of rotatable bonds is 4. The van der Waals surface area contributed by atoms with Crippen LogP contribution in [0.3, 0.4) is 0 Å². The molecule has 1 atom stereocenters. The molecule has 2 nitrogen and oxygen atoms in total. The number of allylic oxidation sites excluding steroid dienone is 4. The highest BCUT2D eigenvalue weighted by Gasteiger charge is 2.40. The average molecular weight is 311 g/mol. The predicted octanol–water partition coefficient (Wildman–Crippen LogP) is 5.03. The molecule has 0 aromatic rings. The normalized spacial score (nSPS) is 17.7. The van der Waals surface area contributed by atoms with Gasteiger partial charge in [0.2, 0.25) is 0 Å². The summed E-state index contributed by atoms with van der Waals surface area (Å²) < 4.78 is 5.43. The summed E-state index contributed by atoms with van der Waals surface area (Å²) in [5.74, 6) is 0.390. The van der Waals surface area contributed by atoms with Crippen molar-refractivity contribution in [1.82, 2.24) is 0 Å². The van der Waals surface area contributed by atoms with Gasteiger partial charge in [0.25, 0.3) is 0 Å². The predicted molar refractivity (Wildman–Crippen MR) is 91.8 cm³/mol. The summed E-state index contributed by atoms with van der Waals surface area (Å²) in [6.07, 6.45) is 6.79. The van der Waals surface area contributed by atoms with Gasteiger partial charge in [0.15, 0.2) is 0 Å². The van der Waals surface area contributed by atoms with Gasteiger partial charge in [0, 0.05) is 12.8 Å². The largest absolute Gasteiger partial charge is 0.425 e. The Morgan fingerprint density at radius 2 is 2.05 bits per heavy atom. The van der Waals surface area contributed by atoms with Crippen LogP contribution in [-0.4, -0.2) is 18.9 Å². The van der Waals surface area contributed by atoms with E-state index in [9.17, 15) is 4.79 Å². The van der Waals surface area contributed by atoms with Crippen LogP contribution < -0.4 is 0 Å². The molecule has 1 aliphatic carbocycles. The maximum atomic E-state index is 12.1. The summed E-state index contributed by atoms with van der Waals surface area (Å²) in [5, 5.41) is 0.273. The number of esters is 1. The summed E-state index contributed by atoms with van der Waals surface area (Å²) in [4.78, 5) is 12.8. The lowest BCUT2D eigenvalue weighted by atomic mass is 10.1. The molecule has 0 aromatic carbocycles. The molecule has 0 amide bonds. The van der Waals surface area contributed by atoms with Crippen molar-refractivity contribution < 1.29 is 9.53 Å². The van der Waals surface area contributed by atoms with Crippen LogP contribution in [0.15, 0.2) is 24.0 Å². The Bertz CT molecular complexity index is 456. The summed E-state index contributed by atoms with van der Waals surface area (Å²) in [7, 11) is -1.52. The maximum absolute atomic E-state index is 12.1. The number of hydrogen-bond acceptors (Lipinski definition) is 3. The summed E-state index contributed by atoms with van der Waals surface area (Å²) >= 11 is 5.20. The second kappa shape index (κ2) is 6.35.